The third-order valence-corrected chi connectivity index (χ3v) is 2.90. The van der Waals surface area contributed by atoms with Gasteiger partial charge in [-0.1, -0.05) is 13.8 Å². The van der Waals surface area contributed by atoms with E-state index in [2.05, 4.69) is 0 Å². The van der Waals surface area contributed by atoms with Crippen molar-refractivity contribution in [3.63, 3.8) is 0 Å². The molecule has 90 valence electrons. The predicted octanol–water partition coefficient (Wildman–Crippen LogP) is 2.92. The van der Waals surface area contributed by atoms with Crippen LogP contribution in [0.4, 0.5) is 4.39 Å². The van der Waals surface area contributed by atoms with E-state index in [1.165, 1.54) is 12.1 Å². The van der Waals surface area contributed by atoms with Gasteiger partial charge in [-0.25, -0.2) is 4.39 Å². The number of rotatable bonds is 4. The molecule has 0 saturated carbocycles. The lowest BCUT2D eigenvalue weighted by molar-refractivity contribution is -0.0268. The highest BCUT2D eigenvalue weighted by Crippen LogP contribution is 2.22. The summed E-state index contributed by atoms with van der Waals surface area (Å²) >= 11 is 0. The molecule has 1 rings (SSSR count). The second kappa shape index (κ2) is 4.83. The first-order valence-electron chi connectivity index (χ1n) is 5.44. The van der Waals surface area contributed by atoms with Crippen molar-refractivity contribution in [1.82, 2.24) is 0 Å². The van der Waals surface area contributed by atoms with Gasteiger partial charge in [0, 0.05) is 0 Å². The van der Waals surface area contributed by atoms with Crippen molar-refractivity contribution in [2.45, 2.75) is 33.3 Å². The van der Waals surface area contributed by atoms with Gasteiger partial charge in [-0.2, -0.15) is 0 Å². The van der Waals surface area contributed by atoms with Gasteiger partial charge in [0.2, 0.25) is 0 Å². The Kier molecular flexibility index (Phi) is 3.92. The molecule has 16 heavy (non-hydrogen) atoms. The van der Waals surface area contributed by atoms with Gasteiger partial charge in [0.25, 0.3) is 0 Å². The number of aliphatic hydroxyl groups is 1. The summed E-state index contributed by atoms with van der Waals surface area (Å²) in [6.45, 7) is 7.58. The van der Waals surface area contributed by atoms with Crippen LogP contribution in [0.1, 0.15) is 26.3 Å². The van der Waals surface area contributed by atoms with Crippen molar-refractivity contribution in [2.24, 2.45) is 5.92 Å². The monoisotopic (exact) mass is 226 g/mol. The van der Waals surface area contributed by atoms with Gasteiger partial charge in [-0.3, -0.25) is 0 Å². The average Bonchev–Trinajstić information content (AvgIpc) is 2.16. The van der Waals surface area contributed by atoms with E-state index < -0.39 is 5.60 Å². The minimum atomic E-state index is -0.874. The van der Waals surface area contributed by atoms with Crippen molar-refractivity contribution < 1.29 is 14.2 Å². The molecule has 0 aliphatic carbocycles. The molecule has 0 fully saturated rings. The van der Waals surface area contributed by atoms with Gasteiger partial charge in [0.05, 0.1) is 5.60 Å². The summed E-state index contributed by atoms with van der Waals surface area (Å²) < 4.78 is 18.3. The molecule has 1 atom stereocenters. The summed E-state index contributed by atoms with van der Waals surface area (Å²) in [5.41, 5.74) is -0.138. The van der Waals surface area contributed by atoms with Crippen molar-refractivity contribution in [2.75, 3.05) is 6.61 Å². The van der Waals surface area contributed by atoms with E-state index in [-0.39, 0.29) is 18.3 Å². The summed E-state index contributed by atoms with van der Waals surface area (Å²) in [5.74, 6) is 0.441. The van der Waals surface area contributed by atoms with Gasteiger partial charge >= 0.3 is 0 Å². The number of benzene rings is 1. The van der Waals surface area contributed by atoms with E-state index in [1.807, 2.05) is 13.8 Å². The predicted molar refractivity (Wildman–Crippen MR) is 62.1 cm³/mol. The fraction of sp³-hybridized carbons (Fsp3) is 0.538. The maximum absolute atomic E-state index is 12.8. The van der Waals surface area contributed by atoms with Crippen LogP contribution < -0.4 is 4.74 Å². The number of hydrogen-bond acceptors (Lipinski definition) is 2. The maximum atomic E-state index is 12.8. The SMILES string of the molecule is Cc1cc(F)ccc1OCC(C)(O)C(C)C. The summed E-state index contributed by atoms with van der Waals surface area (Å²) in [6.07, 6.45) is 0. The Labute approximate surface area is 96.1 Å². The van der Waals surface area contributed by atoms with Crippen LogP contribution in [0.15, 0.2) is 18.2 Å². The van der Waals surface area contributed by atoms with Crippen LogP contribution in [0.5, 0.6) is 5.75 Å². The largest absolute Gasteiger partial charge is 0.490 e. The average molecular weight is 226 g/mol. The molecular formula is C13H19FO2. The molecule has 1 N–H and O–H groups in total. The smallest absolute Gasteiger partial charge is 0.123 e. The Bertz CT molecular complexity index is 359. The Morgan fingerprint density at radius 2 is 2.06 bits per heavy atom. The lowest BCUT2D eigenvalue weighted by Gasteiger charge is -2.27. The summed E-state index contributed by atoms with van der Waals surface area (Å²) in [6, 6.07) is 4.35. The van der Waals surface area contributed by atoms with E-state index >= 15 is 0 Å². The number of ether oxygens (including phenoxy) is 1. The van der Waals surface area contributed by atoms with Crippen LogP contribution >= 0.6 is 0 Å². The molecule has 0 saturated heterocycles. The molecule has 1 unspecified atom stereocenters. The molecule has 1 aromatic carbocycles. The second-order valence-electron chi connectivity index (χ2n) is 4.71. The highest BCUT2D eigenvalue weighted by atomic mass is 19.1. The first kappa shape index (κ1) is 13.0. The van der Waals surface area contributed by atoms with Gasteiger partial charge in [-0.15, -0.1) is 0 Å². The standard InChI is InChI=1S/C13H19FO2/c1-9(2)13(4,15)8-16-12-6-5-11(14)7-10(12)3/h5-7,9,15H,8H2,1-4H3. The quantitative estimate of drug-likeness (QED) is 0.855. The fourth-order valence-corrected chi connectivity index (χ4v) is 1.17. The molecule has 0 spiro atoms. The number of aryl methyl sites for hydroxylation is 1. The van der Waals surface area contributed by atoms with Crippen molar-refractivity contribution in [3.05, 3.63) is 29.6 Å². The van der Waals surface area contributed by atoms with Crippen LogP contribution in [0, 0.1) is 18.7 Å². The van der Waals surface area contributed by atoms with Crippen molar-refractivity contribution in [3.8, 4) is 5.75 Å². The van der Waals surface area contributed by atoms with E-state index in [9.17, 15) is 9.50 Å². The first-order chi connectivity index (χ1) is 7.33. The first-order valence-corrected chi connectivity index (χ1v) is 5.44. The highest BCUT2D eigenvalue weighted by molar-refractivity contribution is 5.32. The molecule has 0 bridgehead atoms. The topological polar surface area (TPSA) is 29.5 Å². The lowest BCUT2D eigenvalue weighted by atomic mass is 9.94. The molecule has 1 aromatic rings. The minimum Gasteiger partial charge on any atom is -0.490 e. The normalized spacial score (nSPS) is 14.9. The molecule has 0 heterocycles. The Balaban J connectivity index is 2.68. The molecule has 0 radical (unpaired) electrons. The van der Waals surface area contributed by atoms with Crippen LogP contribution in [0.3, 0.4) is 0 Å². The second-order valence-corrected chi connectivity index (χ2v) is 4.71. The van der Waals surface area contributed by atoms with Crippen LogP contribution in [-0.2, 0) is 0 Å². The third kappa shape index (κ3) is 3.20. The Morgan fingerprint density at radius 3 is 2.56 bits per heavy atom. The van der Waals surface area contributed by atoms with Gasteiger partial charge in [0.1, 0.15) is 18.2 Å². The van der Waals surface area contributed by atoms with Crippen LogP contribution in [0.2, 0.25) is 0 Å². The van der Waals surface area contributed by atoms with Crippen molar-refractivity contribution in [1.29, 1.82) is 0 Å². The van der Waals surface area contributed by atoms with Gasteiger partial charge in [0.15, 0.2) is 0 Å². The van der Waals surface area contributed by atoms with E-state index in [1.54, 1.807) is 19.9 Å². The van der Waals surface area contributed by atoms with Gasteiger partial charge < -0.3 is 9.84 Å². The molecule has 0 aromatic heterocycles. The molecule has 0 aliphatic rings. The molecule has 2 nitrogen and oxygen atoms in total. The molecule has 3 heteroatoms. The minimum absolute atomic E-state index is 0.105. The van der Waals surface area contributed by atoms with Gasteiger partial charge in [-0.05, 0) is 43.5 Å². The van der Waals surface area contributed by atoms with Crippen LogP contribution in [-0.4, -0.2) is 17.3 Å². The fourth-order valence-electron chi connectivity index (χ4n) is 1.17. The highest BCUT2D eigenvalue weighted by Gasteiger charge is 2.25. The zero-order valence-electron chi connectivity index (χ0n) is 10.2. The Morgan fingerprint density at radius 1 is 1.44 bits per heavy atom. The number of hydrogen-bond donors (Lipinski definition) is 1. The lowest BCUT2D eigenvalue weighted by Crippen LogP contribution is -2.37. The zero-order valence-corrected chi connectivity index (χ0v) is 10.2. The zero-order chi connectivity index (χ0) is 12.3. The molecule has 0 aliphatic heterocycles. The van der Waals surface area contributed by atoms with Crippen molar-refractivity contribution >= 4 is 0 Å². The summed E-state index contributed by atoms with van der Waals surface area (Å²) in [7, 11) is 0. The molecular weight excluding hydrogens is 207 g/mol. The van der Waals surface area contributed by atoms with E-state index in [0.29, 0.717) is 5.75 Å². The number of halogens is 1. The Hall–Kier alpha value is -1.09. The molecule has 0 amide bonds. The van der Waals surface area contributed by atoms with E-state index in [4.69, 9.17) is 4.74 Å². The maximum Gasteiger partial charge on any atom is 0.123 e. The summed E-state index contributed by atoms with van der Waals surface area (Å²) in [4.78, 5) is 0. The van der Waals surface area contributed by atoms with E-state index in [0.717, 1.165) is 5.56 Å². The third-order valence-electron chi connectivity index (χ3n) is 2.90. The summed E-state index contributed by atoms with van der Waals surface area (Å²) in [5, 5.41) is 10.00. The van der Waals surface area contributed by atoms with Crippen LogP contribution in [0.25, 0.3) is 0 Å².